The standard InChI is InChI=1S/C14H24N2O3/c1-19-11-9-16(8-10-17)13(18)14(12-15)6-4-2-3-5-7-14/h17H,2-11H2,1H3. The first-order valence-electron chi connectivity index (χ1n) is 7.00. The maximum absolute atomic E-state index is 12.6. The van der Waals surface area contributed by atoms with E-state index < -0.39 is 5.41 Å². The molecular formula is C14H24N2O3. The lowest BCUT2D eigenvalue weighted by molar-refractivity contribution is -0.141. The summed E-state index contributed by atoms with van der Waals surface area (Å²) in [6.07, 6.45) is 5.31. The largest absolute Gasteiger partial charge is 0.395 e. The molecule has 1 saturated carbocycles. The van der Waals surface area contributed by atoms with E-state index in [1.807, 2.05) is 0 Å². The summed E-state index contributed by atoms with van der Waals surface area (Å²) in [7, 11) is 1.58. The Hall–Kier alpha value is -1.12. The van der Waals surface area contributed by atoms with Crippen molar-refractivity contribution >= 4 is 5.91 Å². The molecule has 0 saturated heterocycles. The molecular weight excluding hydrogens is 244 g/mol. The molecule has 1 N–H and O–H groups in total. The van der Waals surface area contributed by atoms with Gasteiger partial charge >= 0.3 is 0 Å². The van der Waals surface area contributed by atoms with Gasteiger partial charge in [0, 0.05) is 20.2 Å². The fraction of sp³-hybridized carbons (Fsp3) is 0.857. The Balaban J connectivity index is 2.80. The van der Waals surface area contributed by atoms with Gasteiger partial charge in [-0.15, -0.1) is 0 Å². The lowest BCUT2D eigenvalue weighted by atomic mass is 9.80. The summed E-state index contributed by atoms with van der Waals surface area (Å²) in [6.45, 7) is 1.04. The highest BCUT2D eigenvalue weighted by Gasteiger charge is 2.41. The van der Waals surface area contributed by atoms with Gasteiger partial charge in [-0.1, -0.05) is 25.7 Å². The van der Waals surface area contributed by atoms with Crippen molar-refractivity contribution in [3.63, 3.8) is 0 Å². The van der Waals surface area contributed by atoms with Gasteiger partial charge in [-0.05, 0) is 12.8 Å². The van der Waals surface area contributed by atoms with Gasteiger partial charge in [0.25, 0.3) is 0 Å². The molecule has 0 radical (unpaired) electrons. The number of rotatable bonds is 6. The van der Waals surface area contributed by atoms with Gasteiger partial charge in [0.1, 0.15) is 5.41 Å². The minimum absolute atomic E-state index is 0.0863. The van der Waals surface area contributed by atoms with Crippen LogP contribution in [-0.4, -0.2) is 49.3 Å². The molecule has 0 aromatic carbocycles. The van der Waals surface area contributed by atoms with Crippen LogP contribution in [0.15, 0.2) is 0 Å². The zero-order valence-corrected chi connectivity index (χ0v) is 11.7. The lowest BCUT2D eigenvalue weighted by Gasteiger charge is -2.31. The molecule has 5 nitrogen and oxygen atoms in total. The molecule has 1 aliphatic carbocycles. The number of aliphatic hydroxyl groups excluding tert-OH is 1. The van der Waals surface area contributed by atoms with Crippen molar-refractivity contribution in [1.82, 2.24) is 4.90 Å². The molecule has 0 aliphatic heterocycles. The fourth-order valence-electron chi connectivity index (χ4n) is 2.65. The van der Waals surface area contributed by atoms with E-state index >= 15 is 0 Å². The van der Waals surface area contributed by atoms with Crippen LogP contribution in [0.4, 0.5) is 0 Å². The molecule has 1 aliphatic rings. The molecule has 0 bridgehead atoms. The highest BCUT2D eigenvalue weighted by molar-refractivity contribution is 5.85. The summed E-state index contributed by atoms with van der Waals surface area (Å²) in [5.41, 5.74) is -0.889. The van der Waals surface area contributed by atoms with Crippen molar-refractivity contribution in [3.05, 3.63) is 0 Å². The third kappa shape index (κ3) is 4.19. The third-order valence-corrected chi connectivity index (χ3v) is 3.80. The molecule has 1 amide bonds. The van der Waals surface area contributed by atoms with Crippen molar-refractivity contribution < 1.29 is 14.6 Å². The van der Waals surface area contributed by atoms with Gasteiger partial charge in [-0.25, -0.2) is 0 Å². The first kappa shape index (κ1) is 15.9. The van der Waals surface area contributed by atoms with Crippen molar-refractivity contribution in [2.75, 3.05) is 33.4 Å². The molecule has 0 heterocycles. The van der Waals surface area contributed by atoms with Crippen LogP contribution >= 0.6 is 0 Å². The number of nitriles is 1. The quantitative estimate of drug-likeness (QED) is 0.737. The minimum atomic E-state index is -0.889. The van der Waals surface area contributed by atoms with Gasteiger partial charge in [0.15, 0.2) is 0 Å². The number of hydrogen-bond acceptors (Lipinski definition) is 4. The van der Waals surface area contributed by atoms with Crippen LogP contribution in [0.3, 0.4) is 0 Å². The van der Waals surface area contributed by atoms with Crippen molar-refractivity contribution in [2.24, 2.45) is 5.41 Å². The Kier molecular flexibility index (Phi) is 6.82. The van der Waals surface area contributed by atoms with Crippen LogP contribution in [0.1, 0.15) is 38.5 Å². The Labute approximate surface area is 115 Å². The zero-order chi connectivity index (χ0) is 14.1. The van der Waals surface area contributed by atoms with Crippen LogP contribution in [0.25, 0.3) is 0 Å². The van der Waals surface area contributed by atoms with Crippen LogP contribution < -0.4 is 0 Å². The number of hydrogen-bond donors (Lipinski definition) is 1. The smallest absolute Gasteiger partial charge is 0.243 e. The molecule has 0 spiro atoms. The summed E-state index contributed by atoms with van der Waals surface area (Å²) in [4.78, 5) is 14.2. The molecule has 19 heavy (non-hydrogen) atoms. The Morgan fingerprint density at radius 3 is 2.42 bits per heavy atom. The van der Waals surface area contributed by atoms with Crippen LogP contribution in [0.5, 0.6) is 0 Å². The number of carbonyl (C=O) groups excluding carboxylic acids is 1. The number of ether oxygens (including phenoxy) is 1. The van der Waals surface area contributed by atoms with E-state index in [1.54, 1.807) is 12.0 Å². The van der Waals surface area contributed by atoms with E-state index in [4.69, 9.17) is 9.84 Å². The van der Waals surface area contributed by atoms with Crippen molar-refractivity contribution in [3.8, 4) is 6.07 Å². The van der Waals surface area contributed by atoms with Crippen molar-refractivity contribution in [1.29, 1.82) is 5.26 Å². The molecule has 1 rings (SSSR count). The maximum atomic E-state index is 12.6. The highest BCUT2D eigenvalue weighted by Crippen LogP contribution is 2.36. The van der Waals surface area contributed by atoms with Crippen LogP contribution in [-0.2, 0) is 9.53 Å². The second kappa shape index (κ2) is 8.13. The van der Waals surface area contributed by atoms with Gasteiger partial charge in [0.05, 0.1) is 19.3 Å². The van der Waals surface area contributed by atoms with Gasteiger partial charge < -0.3 is 14.7 Å². The summed E-state index contributed by atoms with van der Waals surface area (Å²) in [6, 6.07) is 2.26. The van der Waals surface area contributed by atoms with Gasteiger partial charge in [-0.2, -0.15) is 5.26 Å². The Bertz CT molecular complexity index is 317. The first-order valence-corrected chi connectivity index (χ1v) is 7.00. The molecule has 1 fully saturated rings. The molecule has 0 atom stereocenters. The summed E-state index contributed by atoms with van der Waals surface area (Å²) in [5.74, 6) is -0.136. The molecule has 0 unspecified atom stereocenters. The van der Waals surface area contributed by atoms with Crippen LogP contribution in [0, 0.1) is 16.7 Å². The SMILES string of the molecule is COCCN(CCO)C(=O)C1(C#N)CCCCCC1. The number of amides is 1. The molecule has 0 aromatic heterocycles. The Morgan fingerprint density at radius 2 is 1.95 bits per heavy atom. The van der Waals surface area contributed by atoms with E-state index in [9.17, 15) is 10.1 Å². The minimum Gasteiger partial charge on any atom is -0.395 e. The maximum Gasteiger partial charge on any atom is 0.243 e. The van der Waals surface area contributed by atoms with E-state index in [0.717, 1.165) is 25.7 Å². The van der Waals surface area contributed by atoms with E-state index in [-0.39, 0.29) is 19.1 Å². The monoisotopic (exact) mass is 268 g/mol. The Morgan fingerprint density at radius 1 is 1.32 bits per heavy atom. The zero-order valence-electron chi connectivity index (χ0n) is 11.7. The number of nitrogens with zero attached hydrogens (tertiary/aromatic N) is 2. The van der Waals surface area contributed by atoms with Gasteiger partial charge in [0.2, 0.25) is 5.91 Å². The topological polar surface area (TPSA) is 73.6 Å². The van der Waals surface area contributed by atoms with E-state index in [1.165, 1.54) is 0 Å². The predicted molar refractivity (Wildman–Crippen MR) is 71.3 cm³/mol. The van der Waals surface area contributed by atoms with E-state index in [0.29, 0.717) is 26.0 Å². The number of methoxy groups -OCH3 is 1. The van der Waals surface area contributed by atoms with E-state index in [2.05, 4.69) is 6.07 Å². The fourth-order valence-corrected chi connectivity index (χ4v) is 2.65. The number of carbonyl (C=O) groups is 1. The molecule has 108 valence electrons. The first-order chi connectivity index (χ1) is 9.20. The molecule has 0 aromatic rings. The summed E-state index contributed by atoms with van der Waals surface area (Å²) < 4.78 is 4.99. The average molecular weight is 268 g/mol. The molecule has 5 heteroatoms. The normalized spacial score (nSPS) is 18.4. The summed E-state index contributed by atoms with van der Waals surface area (Å²) in [5, 5.41) is 18.6. The highest BCUT2D eigenvalue weighted by atomic mass is 16.5. The lowest BCUT2D eigenvalue weighted by Crippen LogP contribution is -2.45. The average Bonchev–Trinajstić information content (AvgIpc) is 2.69. The van der Waals surface area contributed by atoms with Crippen LogP contribution in [0.2, 0.25) is 0 Å². The van der Waals surface area contributed by atoms with Gasteiger partial charge in [-0.3, -0.25) is 4.79 Å². The summed E-state index contributed by atoms with van der Waals surface area (Å²) >= 11 is 0. The second-order valence-electron chi connectivity index (χ2n) is 5.12. The van der Waals surface area contributed by atoms with Crippen molar-refractivity contribution in [2.45, 2.75) is 38.5 Å². The number of aliphatic hydroxyl groups is 1. The third-order valence-electron chi connectivity index (χ3n) is 3.80. The second-order valence-corrected chi connectivity index (χ2v) is 5.12. The predicted octanol–water partition coefficient (Wildman–Crippen LogP) is 1.32.